The Morgan fingerprint density at radius 2 is 2.00 bits per heavy atom. The minimum Gasteiger partial charge on any atom is -0.496 e. The van der Waals surface area contributed by atoms with Crippen LogP contribution in [0, 0.1) is 11.8 Å². The molecular formula is C15H23NO2. The zero-order chi connectivity index (χ0) is 13.5. The SMILES string of the molecule is COc1ccccc1CC(=O)C(CN)CC(C)C. The molecule has 2 N–H and O–H groups in total. The molecular weight excluding hydrogens is 226 g/mol. The van der Waals surface area contributed by atoms with Crippen LogP contribution in [0.1, 0.15) is 25.8 Å². The number of benzene rings is 1. The molecule has 0 saturated heterocycles. The van der Waals surface area contributed by atoms with Gasteiger partial charge < -0.3 is 10.5 Å². The first kappa shape index (κ1) is 14.7. The number of methoxy groups -OCH3 is 1. The van der Waals surface area contributed by atoms with Gasteiger partial charge in [0.15, 0.2) is 0 Å². The zero-order valence-electron chi connectivity index (χ0n) is 11.5. The van der Waals surface area contributed by atoms with Crippen molar-refractivity contribution in [3.8, 4) is 5.75 Å². The smallest absolute Gasteiger partial charge is 0.141 e. The maximum Gasteiger partial charge on any atom is 0.141 e. The van der Waals surface area contributed by atoms with Crippen molar-refractivity contribution in [3.05, 3.63) is 29.8 Å². The summed E-state index contributed by atoms with van der Waals surface area (Å²) in [7, 11) is 1.62. The van der Waals surface area contributed by atoms with Gasteiger partial charge in [-0.2, -0.15) is 0 Å². The number of hydrogen-bond acceptors (Lipinski definition) is 3. The first-order valence-electron chi connectivity index (χ1n) is 6.43. The first-order chi connectivity index (χ1) is 8.58. The molecule has 0 aliphatic carbocycles. The van der Waals surface area contributed by atoms with Crippen molar-refractivity contribution in [2.24, 2.45) is 17.6 Å². The molecule has 0 saturated carbocycles. The Morgan fingerprint density at radius 3 is 2.56 bits per heavy atom. The topological polar surface area (TPSA) is 52.3 Å². The van der Waals surface area contributed by atoms with E-state index in [1.54, 1.807) is 7.11 Å². The molecule has 100 valence electrons. The lowest BCUT2D eigenvalue weighted by atomic mass is 9.90. The van der Waals surface area contributed by atoms with Crippen LogP contribution in [-0.4, -0.2) is 19.4 Å². The van der Waals surface area contributed by atoms with Gasteiger partial charge in [-0.3, -0.25) is 4.79 Å². The standard InChI is InChI=1S/C15H23NO2/c1-11(2)8-13(10-16)14(17)9-12-6-4-5-7-15(12)18-3/h4-7,11,13H,8-10,16H2,1-3H3. The molecule has 1 rings (SSSR count). The fraction of sp³-hybridized carbons (Fsp3) is 0.533. The summed E-state index contributed by atoms with van der Waals surface area (Å²) in [5.74, 6) is 1.41. The Kier molecular flexibility index (Phi) is 5.86. The van der Waals surface area contributed by atoms with Crippen LogP contribution in [0.5, 0.6) is 5.75 Å². The second-order valence-corrected chi connectivity index (χ2v) is 5.02. The average Bonchev–Trinajstić information content (AvgIpc) is 2.36. The molecule has 0 radical (unpaired) electrons. The summed E-state index contributed by atoms with van der Waals surface area (Å²) < 4.78 is 5.26. The van der Waals surface area contributed by atoms with Crippen LogP contribution in [0.2, 0.25) is 0 Å². The summed E-state index contributed by atoms with van der Waals surface area (Å²) in [5.41, 5.74) is 6.63. The normalized spacial score (nSPS) is 12.5. The second-order valence-electron chi connectivity index (χ2n) is 5.02. The molecule has 0 aliphatic rings. The van der Waals surface area contributed by atoms with Crippen LogP contribution in [0.15, 0.2) is 24.3 Å². The van der Waals surface area contributed by atoms with Crippen molar-refractivity contribution >= 4 is 5.78 Å². The number of para-hydroxylation sites is 1. The highest BCUT2D eigenvalue weighted by atomic mass is 16.5. The lowest BCUT2D eigenvalue weighted by molar-refractivity contribution is -0.122. The number of carbonyl (C=O) groups is 1. The monoisotopic (exact) mass is 249 g/mol. The van der Waals surface area contributed by atoms with Crippen molar-refractivity contribution in [1.29, 1.82) is 0 Å². The Bertz CT molecular complexity index is 388. The molecule has 0 fully saturated rings. The maximum atomic E-state index is 12.2. The van der Waals surface area contributed by atoms with Crippen LogP contribution in [0.25, 0.3) is 0 Å². The summed E-state index contributed by atoms with van der Waals surface area (Å²) >= 11 is 0. The zero-order valence-corrected chi connectivity index (χ0v) is 11.5. The number of ether oxygens (including phenoxy) is 1. The van der Waals surface area contributed by atoms with Gasteiger partial charge in [-0.1, -0.05) is 32.0 Å². The largest absolute Gasteiger partial charge is 0.496 e. The van der Waals surface area contributed by atoms with E-state index in [-0.39, 0.29) is 11.7 Å². The summed E-state index contributed by atoms with van der Waals surface area (Å²) in [4.78, 5) is 12.2. The number of carbonyl (C=O) groups excluding carboxylic acids is 1. The van der Waals surface area contributed by atoms with Gasteiger partial charge in [0.1, 0.15) is 11.5 Å². The fourth-order valence-corrected chi connectivity index (χ4v) is 2.11. The minimum absolute atomic E-state index is 0.0464. The summed E-state index contributed by atoms with van der Waals surface area (Å²) in [6.45, 7) is 4.64. The van der Waals surface area contributed by atoms with Crippen LogP contribution in [0.3, 0.4) is 0 Å². The van der Waals surface area contributed by atoms with Crippen LogP contribution < -0.4 is 10.5 Å². The molecule has 0 aromatic heterocycles. The van der Waals surface area contributed by atoms with Crippen molar-refractivity contribution in [2.75, 3.05) is 13.7 Å². The van der Waals surface area contributed by atoms with E-state index < -0.39 is 0 Å². The van der Waals surface area contributed by atoms with Gasteiger partial charge in [-0.15, -0.1) is 0 Å². The van der Waals surface area contributed by atoms with Gasteiger partial charge >= 0.3 is 0 Å². The Morgan fingerprint density at radius 1 is 1.33 bits per heavy atom. The molecule has 0 heterocycles. The molecule has 1 aromatic rings. The average molecular weight is 249 g/mol. The summed E-state index contributed by atoms with van der Waals surface area (Å²) in [6.07, 6.45) is 1.25. The summed E-state index contributed by atoms with van der Waals surface area (Å²) in [5, 5.41) is 0. The van der Waals surface area contributed by atoms with E-state index in [1.165, 1.54) is 0 Å². The van der Waals surface area contributed by atoms with E-state index in [0.29, 0.717) is 18.9 Å². The molecule has 0 spiro atoms. The van der Waals surface area contributed by atoms with E-state index in [2.05, 4.69) is 13.8 Å². The Labute approximate surface area is 109 Å². The van der Waals surface area contributed by atoms with Crippen molar-refractivity contribution in [1.82, 2.24) is 0 Å². The van der Waals surface area contributed by atoms with Gasteiger partial charge in [-0.25, -0.2) is 0 Å². The highest BCUT2D eigenvalue weighted by Crippen LogP contribution is 2.21. The molecule has 1 aromatic carbocycles. The lowest BCUT2D eigenvalue weighted by Crippen LogP contribution is -2.26. The van der Waals surface area contributed by atoms with E-state index in [1.807, 2.05) is 24.3 Å². The van der Waals surface area contributed by atoms with E-state index in [9.17, 15) is 4.79 Å². The maximum absolute atomic E-state index is 12.2. The predicted octanol–water partition coefficient (Wildman–Crippen LogP) is 2.43. The Balaban J connectivity index is 2.73. The first-order valence-corrected chi connectivity index (χ1v) is 6.43. The van der Waals surface area contributed by atoms with Crippen molar-refractivity contribution in [2.45, 2.75) is 26.7 Å². The number of nitrogens with two attached hydrogens (primary N) is 1. The number of rotatable bonds is 7. The van der Waals surface area contributed by atoms with E-state index >= 15 is 0 Å². The predicted molar refractivity (Wildman–Crippen MR) is 73.7 cm³/mol. The lowest BCUT2D eigenvalue weighted by Gasteiger charge is -2.16. The van der Waals surface area contributed by atoms with Crippen molar-refractivity contribution < 1.29 is 9.53 Å². The molecule has 1 unspecified atom stereocenters. The Hall–Kier alpha value is -1.35. The minimum atomic E-state index is -0.0464. The molecule has 18 heavy (non-hydrogen) atoms. The molecule has 3 nitrogen and oxygen atoms in total. The molecule has 3 heteroatoms. The summed E-state index contributed by atoms with van der Waals surface area (Å²) in [6, 6.07) is 7.63. The van der Waals surface area contributed by atoms with Crippen molar-refractivity contribution in [3.63, 3.8) is 0 Å². The third-order valence-corrected chi connectivity index (χ3v) is 3.05. The second kappa shape index (κ2) is 7.17. The molecule has 0 bridgehead atoms. The van der Waals surface area contributed by atoms with Crippen LogP contribution in [-0.2, 0) is 11.2 Å². The third kappa shape index (κ3) is 4.15. The van der Waals surface area contributed by atoms with Gasteiger partial charge in [0, 0.05) is 24.4 Å². The molecule has 0 amide bonds. The third-order valence-electron chi connectivity index (χ3n) is 3.05. The van der Waals surface area contributed by atoms with Crippen LogP contribution in [0.4, 0.5) is 0 Å². The number of hydrogen-bond donors (Lipinski definition) is 1. The highest BCUT2D eigenvalue weighted by Gasteiger charge is 2.19. The van der Waals surface area contributed by atoms with E-state index in [4.69, 9.17) is 10.5 Å². The van der Waals surface area contributed by atoms with Crippen LogP contribution >= 0.6 is 0 Å². The van der Waals surface area contributed by atoms with E-state index in [0.717, 1.165) is 17.7 Å². The van der Waals surface area contributed by atoms with Gasteiger partial charge in [-0.05, 0) is 18.4 Å². The molecule has 1 atom stereocenters. The van der Waals surface area contributed by atoms with Gasteiger partial charge in [0.25, 0.3) is 0 Å². The number of Topliss-reactive ketones (excluding diaryl/α,β-unsaturated/α-hetero) is 1. The quantitative estimate of drug-likeness (QED) is 0.807. The highest BCUT2D eigenvalue weighted by molar-refractivity contribution is 5.84. The molecule has 0 aliphatic heterocycles. The number of ketones is 1. The van der Waals surface area contributed by atoms with Gasteiger partial charge in [0.2, 0.25) is 0 Å². The fourth-order valence-electron chi connectivity index (χ4n) is 2.11. The van der Waals surface area contributed by atoms with Gasteiger partial charge in [0.05, 0.1) is 7.11 Å².